The highest BCUT2D eigenvalue weighted by atomic mass is 16.4. The molecular formula is C26H39N7O5. The predicted molar refractivity (Wildman–Crippen MR) is 142 cm³/mol. The molecule has 4 atom stereocenters. The van der Waals surface area contributed by atoms with E-state index < -0.39 is 47.9 Å². The molecule has 12 heteroatoms. The third-order valence-electron chi connectivity index (χ3n) is 6.11. The Labute approximate surface area is 222 Å². The van der Waals surface area contributed by atoms with Crippen molar-refractivity contribution in [2.45, 2.75) is 70.1 Å². The van der Waals surface area contributed by atoms with Gasteiger partial charge in [0.15, 0.2) is 0 Å². The molecule has 2 rings (SSSR count). The minimum atomic E-state index is -1.25. The number of aromatic nitrogens is 2. The van der Waals surface area contributed by atoms with E-state index in [1.54, 1.807) is 38.1 Å². The van der Waals surface area contributed by atoms with Gasteiger partial charge in [0, 0.05) is 24.7 Å². The molecule has 0 aliphatic carbocycles. The molecule has 0 spiro atoms. The molecule has 12 nitrogen and oxygen atoms in total. The monoisotopic (exact) mass is 529 g/mol. The maximum atomic E-state index is 13.3. The van der Waals surface area contributed by atoms with Gasteiger partial charge in [0.2, 0.25) is 17.7 Å². The SMILES string of the molecule is CC(C)C(N)C(=O)NC(CCCCN)C(=O)NC(Cc1ccccc1)C(=O)NC(Cc1cnc[nH]1)C(=O)O. The third-order valence-corrected chi connectivity index (χ3v) is 6.11. The number of benzene rings is 1. The van der Waals surface area contributed by atoms with E-state index in [0.29, 0.717) is 31.5 Å². The number of nitrogens with two attached hydrogens (primary N) is 2. The number of nitrogens with one attached hydrogen (secondary N) is 4. The lowest BCUT2D eigenvalue weighted by atomic mass is 10.0. The summed E-state index contributed by atoms with van der Waals surface area (Å²) in [7, 11) is 0. The molecule has 0 bridgehead atoms. The molecular weight excluding hydrogens is 490 g/mol. The number of carbonyl (C=O) groups is 4. The van der Waals surface area contributed by atoms with Crippen molar-refractivity contribution in [1.29, 1.82) is 0 Å². The van der Waals surface area contributed by atoms with Gasteiger partial charge in [-0.1, -0.05) is 44.2 Å². The Morgan fingerprint density at radius 1 is 0.921 bits per heavy atom. The number of carboxylic acids is 1. The molecule has 0 saturated carbocycles. The molecule has 0 saturated heterocycles. The Hall–Kier alpha value is -3.77. The quantitative estimate of drug-likeness (QED) is 0.145. The van der Waals surface area contributed by atoms with Gasteiger partial charge in [0.25, 0.3) is 0 Å². The first-order chi connectivity index (χ1) is 18.1. The molecule has 0 aliphatic rings. The highest BCUT2D eigenvalue weighted by molar-refractivity contribution is 5.94. The van der Waals surface area contributed by atoms with Crippen molar-refractivity contribution in [3.05, 3.63) is 54.1 Å². The molecule has 1 aromatic carbocycles. The Morgan fingerprint density at radius 3 is 2.13 bits per heavy atom. The molecule has 4 unspecified atom stereocenters. The summed E-state index contributed by atoms with van der Waals surface area (Å²) in [5, 5.41) is 17.6. The fourth-order valence-electron chi connectivity index (χ4n) is 3.75. The minimum Gasteiger partial charge on any atom is -0.480 e. The van der Waals surface area contributed by atoms with Gasteiger partial charge in [-0.3, -0.25) is 14.4 Å². The first-order valence-corrected chi connectivity index (χ1v) is 12.7. The van der Waals surface area contributed by atoms with Crippen molar-refractivity contribution in [1.82, 2.24) is 25.9 Å². The summed E-state index contributed by atoms with van der Waals surface area (Å²) in [5.74, 6) is -3.07. The second kappa shape index (κ2) is 15.5. The highest BCUT2D eigenvalue weighted by Gasteiger charge is 2.31. The second-order valence-electron chi connectivity index (χ2n) is 9.55. The van der Waals surface area contributed by atoms with E-state index >= 15 is 0 Å². The maximum absolute atomic E-state index is 13.3. The minimum absolute atomic E-state index is 0.0159. The van der Waals surface area contributed by atoms with Crippen LogP contribution in [0.5, 0.6) is 0 Å². The molecule has 1 aromatic heterocycles. The van der Waals surface area contributed by atoms with Gasteiger partial charge in [0.1, 0.15) is 18.1 Å². The molecule has 2 aromatic rings. The summed E-state index contributed by atoms with van der Waals surface area (Å²) >= 11 is 0. The Morgan fingerprint density at radius 2 is 1.55 bits per heavy atom. The number of rotatable bonds is 16. The van der Waals surface area contributed by atoms with Crippen LogP contribution in [0.1, 0.15) is 44.4 Å². The van der Waals surface area contributed by atoms with Crippen LogP contribution >= 0.6 is 0 Å². The lowest BCUT2D eigenvalue weighted by Gasteiger charge is -2.26. The molecule has 1 heterocycles. The van der Waals surface area contributed by atoms with Crippen LogP contribution < -0.4 is 27.4 Å². The van der Waals surface area contributed by atoms with Gasteiger partial charge < -0.3 is 37.5 Å². The average Bonchev–Trinajstić information content (AvgIpc) is 3.40. The van der Waals surface area contributed by atoms with Gasteiger partial charge in [-0.05, 0) is 37.3 Å². The van der Waals surface area contributed by atoms with Crippen LogP contribution in [0.2, 0.25) is 0 Å². The van der Waals surface area contributed by atoms with E-state index in [2.05, 4.69) is 25.9 Å². The van der Waals surface area contributed by atoms with Gasteiger partial charge >= 0.3 is 5.97 Å². The number of hydrogen-bond acceptors (Lipinski definition) is 7. The topological polar surface area (TPSA) is 205 Å². The number of aromatic amines is 1. The first-order valence-electron chi connectivity index (χ1n) is 12.7. The van der Waals surface area contributed by atoms with E-state index in [1.807, 2.05) is 6.07 Å². The smallest absolute Gasteiger partial charge is 0.326 e. The van der Waals surface area contributed by atoms with E-state index in [-0.39, 0.29) is 18.8 Å². The molecule has 0 fully saturated rings. The zero-order chi connectivity index (χ0) is 28.1. The molecule has 3 amide bonds. The summed E-state index contributed by atoms with van der Waals surface area (Å²) in [6.45, 7) is 4.03. The van der Waals surface area contributed by atoms with E-state index in [4.69, 9.17) is 11.5 Å². The predicted octanol–water partition coefficient (Wildman–Crippen LogP) is -0.154. The number of hydrogen-bond donors (Lipinski definition) is 7. The third kappa shape index (κ3) is 9.94. The van der Waals surface area contributed by atoms with Gasteiger partial charge in [-0.15, -0.1) is 0 Å². The molecule has 0 aliphatic heterocycles. The number of carbonyl (C=O) groups excluding carboxylic acids is 3. The largest absolute Gasteiger partial charge is 0.480 e. The summed E-state index contributed by atoms with van der Waals surface area (Å²) in [6.07, 6.45) is 4.52. The van der Waals surface area contributed by atoms with Crippen molar-refractivity contribution in [3.63, 3.8) is 0 Å². The number of aliphatic carboxylic acids is 1. The first kappa shape index (κ1) is 30.5. The standard InChI is InChI=1S/C26H39N7O5/c1-16(2)22(28)25(36)31-19(10-6-7-11-27)23(34)32-20(12-17-8-4-3-5-9-17)24(35)33-21(26(37)38)13-18-14-29-15-30-18/h3-5,8-9,14-16,19-22H,6-7,10-13,27-28H2,1-2H3,(H,29,30)(H,31,36)(H,32,34)(H,33,35)(H,37,38). The Kier molecular flexibility index (Phi) is 12.4. The highest BCUT2D eigenvalue weighted by Crippen LogP contribution is 2.09. The van der Waals surface area contributed by atoms with Crippen LogP contribution in [0.4, 0.5) is 0 Å². The van der Waals surface area contributed by atoms with Crippen molar-refractivity contribution in [2.24, 2.45) is 17.4 Å². The zero-order valence-corrected chi connectivity index (χ0v) is 21.9. The molecule has 208 valence electrons. The van der Waals surface area contributed by atoms with E-state index in [9.17, 15) is 24.3 Å². The summed E-state index contributed by atoms with van der Waals surface area (Å²) in [4.78, 5) is 57.8. The fraction of sp³-hybridized carbons (Fsp3) is 0.500. The van der Waals surface area contributed by atoms with Crippen LogP contribution in [-0.2, 0) is 32.0 Å². The van der Waals surface area contributed by atoms with Crippen LogP contribution in [0.15, 0.2) is 42.9 Å². The van der Waals surface area contributed by atoms with Crippen LogP contribution in [0.3, 0.4) is 0 Å². The molecule has 9 N–H and O–H groups in total. The second-order valence-corrected chi connectivity index (χ2v) is 9.55. The fourth-order valence-corrected chi connectivity index (χ4v) is 3.75. The van der Waals surface area contributed by atoms with E-state index in [1.165, 1.54) is 12.5 Å². The number of carboxylic acid groups (broad SMARTS) is 1. The lowest BCUT2D eigenvalue weighted by Crippen LogP contribution is -2.58. The van der Waals surface area contributed by atoms with Gasteiger partial charge in [-0.2, -0.15) is 0 Å². The lowest BCUT2D eigenvalue weighted by molar-refractivity contribution is -0.142. The molecule has 0 radical (unpaired) electrons. The normalized spacial score (nSPS) is 14.2. The number of imidazole rings is 1. The van der Waals surface area contributed by atoms with Gasteiger partial charge in [0.05, 0.1) is 12.4 Å². The summed E-state index contributed by atoms with van der Waals surface area (Å²) in [5.41, 5.74) is 12.8. The number of H-pyrrole nitrogens is 1. The van der Waals surface area contributed by atoms with Crippen molar-refractivity contribution < 1.29 is 24.3 Å². The van der Waals surface area contributed by atoms with E-state index in [0.717, 1.165) is 5.56 Å². The Bertz CT molecular complexity index is 1030. The van der Waals surface area contributed by atoms with Crippen molar-refractivity contribution in [3.8, 4) is 0 Å². The number of nitrogens with zero attached hydrogens (tertiary/aromatic N) is 1. The van der Waals surface area contributed by atoms with Crippen molar-refractivity contribution in [2.75, 3.05) is 6.54 Å². The van der Waals surface area contributed by atoms with Gasteiger partial charge in [-0.25, -0.2) is 9.78 Å². The van der Waals surface area contributed by atoms with Crippen LogP contribution in [-0.4, -0.2) is 69.5 Å². The van der Waals surface area contributed by atoms with Crippen LogP contribution in [0.25, 0.3) is 0 Å². The van der Waals surface area contributed by atoms with Crippen LogP contribution in [0, 0.1) is 5.92 Å². The number of unbranched alkanes of at least 4 members (excludes halogenated alkanes) is 1. The number of amides is 3. The van der Waals surface area contributed by atoms with Crippen molar-refractivity contribution >= 4 is 23.7 Å². The average molecular weight is 530 g/mol. The zero-order valence-electron chi connectivity index (χ0n) is 21.9. The molecule has 38 heavy (non-hydrogen) atoms. The Balaban J connectivity index is 2.22. The maximum Gasteiger partial charge on any atom is 0.326 e. The summed E-state index contributed by atoms with van der Waals surface area (Å²) in [6, 6.07) is 4.93. The summed E-state index contributed by atoms with van der Waals surface area (Å²) < 4.78 is 0.